The molecule has 1 atom stereocenters. The first kappa shape index (κ1) is 19.4. The van der Waals surface area contributed by atoms with Crippen LogP contribution in [0, 0.1) is 6.92 Å². The molecule has 0 radical (unpaired) electrons. The van der Waals surface area contributed by atoms with Gasteiger partial charge in [0.15, 0.2) is 0 Å². The summed E-state index contributed by atoms with van der Waals surface area (Å²) >= 11 is 0. The van der Waals surface area contributed by atoms with Crippen LogP contribution in [0.5, 0.6) is 0 Å². The van der Waals surface area contributed by atoms with Crippen molar-refractivity contribution in [3.05, 3.63) is 41.7 Å². The molecule has 6 heteroatoms. The number of rotatable bonds is 9. The van der Waals surface area contributed by atoms with Gasteiger partial charge in [0, 0.05) is 42.3 Å². The minimum Gasteiger partial charge on any atom is -0.371 e. The number of amides is 1. The molecule has 1 aromatic heterocycles. The summed E-state index contributed by atoms with van der Waals surface area (Å²) < 4.78 is 0. The Morgan fingerprint density at radius 3 is 2.85 bits per heavy atom. The first-order valence-corrected chi connectivity index (χ1v) is 10.1. The maximum atomic E-state index is 12.9. The van der Waals surface area contributed by atoms with Crippen LogP contribution in [0.4, 0.5) is 11.4 Å². The molecule has 6 nitrogen and oxygen atoms in total. The molecule has 1 saturated heterocycles. The standard InChI is InChI=1S/C21H31N5O/c1-3-4-10-20(22-14-17-15-23-25-16(17)2)21(27)24-18-8-7-9-19(13-18)26-11-5-6-12-26/h7-9,13,15,20,22H,3-6,10-12,14H2,1-2H3,(H,23,25)(H,24,27). The highest BCUT2D eigenvalue weighted by Crippen LogP contribution is 2.23. The zero-order valence-corrected chi connectivity index (χ0v) is 16.4. The van der Waals surface area contributed by atoms with Gasteiger partial charge in [-0.1, -0.05) is 25.8 Å². The molecule has 1 fully saturated rings. The fourth-order valence-corrected chi connectivity index (χ4v) is 3.51. The second kappa shape index (κ2) is 9.55. The van der Waals surface area contributed by atoms with Gasteiger partial charge in [-0.05, 0) is 44.4 Å². The summed E-state index contributed by atoms with van der Waals surface area (Å²) in [6.07, 6.45) is 7.21. The number of hydrogen-bond donors (Lipinski definition) is 3. The maximum absolute atomic E-state index is 12.9. The largest absolute Gasteiger partial charge is 0.371 e. The third kappa shape index (κ3) is 5.32. The number of aromatic nitrogens is 2. The first-order chi connectivity index (χ1) is 13.2. The number of anilines is 2. The molecule has 0 spiro atoms. The Bertz CT molecular complexity index is 736. The van der Waals surface area contributed by atoms with Crippen molar-refractivity contribution < 1.29 is 4.79 Å². The van der Waals surface area contributed by atoms with Crippen LogP contribution in [0.3, 0.4) is 0 Å². The third-order valence-corrected chi connectivity index (χ3v) is 5.22. The lowest BCUT2D eigenvalue weighted by atomic mass is 10.1. The number of unbranched alkanes of at least 4 members (excludes halogenated alkanes) is 1. The molecule has 0 aliphatic carbocycles. The van der Waals surface area contributed by atoms with Gasteiger partial charge in [-0.25, -0.2) is 0 Å². The van der Waals surface area contributed by atoms with Crippen molar-refractivity contribution in [2.75, 3.05) is 23.3 Å². The molecule has 0 bridgehead atoms. The number of H-pyrrole nitrogens is 1. The predicted octanol–water partition coefficient (Wildman–Crippen LogP) is 3.61. The summed E-state index contributed by atoms with van der Waals surface area (Å²) in [6.45, 7) is 6.98. The molecule has 2 aromatic rings. The van der Waals surface area contributed by atoms with Crippen molar-refractivity contribution in [2.24, 2.45) is 0 Å². The SMILES string of the molecule is CCCCC(NCc1cn[nH]c1C)C(=O)Nc1cccc(N2CCCC2)c1. The van der Waals surface area contributed by atoms with E-state index in [1.807, 2.05) is 25.3 Å². The van der Waals surface area contributed by atoms with Gasteiger partial charge < -0.3 is 15.5 Å². The zero-order chi connectivity index (χ0) is 19.1. The molecule has 1 amide bonds. The smallest absolute Gasteiger partial charge is 0.241 e. The normalized spacial score (nSPS) is 15.1. The van der Waals surface area contributed by atoms with Gasteiger partial charge in [0.05, 0.1) is 12.2 Å². The lowest BCUT2D eigenvalue weighted by Crippen LogP contribution is -2.40. The van der Waals surface area contributed by atoms with E-state index in [1.54, 1.807) is 0 Å². The molecule has 3 N–H and O–H groups in total. The van der Waals surface area contributed by atoms with Crippen molar-refractivity contribution in [2.45, 2.75) is 58.5 Å². The number of aromatic amines is 1. The van der Waals surface area contributed by atoms with E-state index in [-0.39, 0.29) is 11.9 Å². The Morgan fingerprint density at radius 2 is 2.15 bits per heavy atom. The van der Waals surface area contributed by atoms with Gasteiger partial charge in [0.25, 0.3) is 0 Å². The summed E-state index contributed by atoms with van der Waals surface area (Å²) in [5.41, 5.74) is 4.19. The van der Waals surface area contributed by atoms with Crippen molar-refractivity contribution in [3.8, 4) is 0 Å². The van der Waals surface area contributed by atoms with Crippen LogP contribution < -0.4 is 15.5 Å². The minimum atomic E-state index is -0.213. The average molecular weight is 370 g/mol. The van der Waals surface area contributed by atoms with Crippen LogP contribution in [0.1, 0.15) is 50.3 Å². The number of nitrogens with one attached hydrogen (secondary N) is 3. The van der Waals surface area contributed by atoms with E-state index in [1.165, 1.54) is 18.5 Å². The summed E-state index contributed by atoms with van der Waals surface area (Å²) in [7, 11) is 0. The molecule has 1 aliphatic rings. The molecule has 1 aromatic carbocycles. The average Bonchev–Trinajstić information content (AvgIpc) is 3.34. The fourth-order valence-electron chi connectivity index (χ4n) is 3.51. The van der Waals surface area contributed by atoms with E-state index in [9.17, 15) is 4.79 Å². The molecule has 0 saturated carbocycles. The van der Waals surface area contributed by atoms with Crippen LogP contribution in [0.15, 0.2) is 30.5 Å². The Labute approximate surface area is 161 Å². The number of hydrogen-bond acceptors (Lipinski definition) is 4. The second-order valence-electron chi connectivity index (χ2n) is 7.33. The molecular formula is C21H31N5O. The molecule has 27 heavy (non-hydrogen) atoms. The number of aryl methyl sites for hydroxylation is 1. The topological polar surface area (TPSA) is 73.0 Å². The summed E-state index contributed by atoms with van der Waals surface area (Å²) in [4.78, 5) is 15.3. The van der Waals surface area contributed by atoms with Crippen LogP contribution in [0.2, 0.25) is 0 Å². The number of nitrogens with zero attached hydrogens (tertiary/aromatic N) is 2. The zero-order valence-electron chi connectivity index (χ0n) is 16.4. The Balaban J connectivity index is 1.62. The molecule has 2 heterocycles. The monoisotopic (exact) mass is 369 g/mol. The molecule has 1 unspecified atom stereocenters. The van der Waals surface area contributed by atoms with Gasteiger partial charge in [-0.2, -0.15) is 5.10 Å². The number of carbonyl (C=O) groups is 1. The molecule has 3 rings (SSSR count). The van der Waals surface area contributed by atoms with Crippen molar-refractivity contribution in [3.63, 3.8) is 0 Å². The van der Waals surface area contributed by atoms with Crippen LogP contribution in [0.25, 0.3) is 0 Å². The van der Waals surface area contributed by atoms with Gasteiger partial charge in [0.2, 0.25) is 5.91 Å². The van der Waals surface area contributed by atoms with Crippen LogP contribution >= 0.6 is 0 Å². The lowest BCUT2D eigenvalue weighted by molar-refractivity contribution is -0.118. The van der Waals surface area contributed by atoms with Gasteiger partial charge in [0.1, 0.15) is 0 Å². The quantitative estimate of drug-likeness (QED) is 0.631. The highest BCUT2D eigenvalue weighted by Gasteiger charge is 2.19. The van der Waals surface area contributed by atoms with Crippen molar-refractivity contribution >= 4 is 17.3 Å². The van der Waals surface area contributed by atoms with Gasteiger partial charge >= 0.3 is 0 Å². The third-order valence-electron chi connectivity index (χ3n) is 5.22. The van der Waals surface area contributed by atoms with Gasteiger partial charge in [-0.3, -0.25) is 9.89 Å². The second-order valence-corrected chi connectivity index (χ2v) is 7.33. The Kier molecular flexibility index (Phi) is 6.87. The lowest BCUT2D eigenvalue weighted by Gasteiger charge is -2.20. The van der Waals surface area contributed by atoms with Crippen molar-refractivity contribution in [1.29, 1.82) is 0 Å². The minimum absolute atomic E-state index is 0.0307. The number of benzene rings is 1. The first-order valence-electron chi connectivity index (χ1n) is 10.1. The highest BCUT2D eigenvalue weighted by atomic mass is 16.2. The Morgan fingerprint density at radius 1 is 1.33 bits per heavy atom. The molecule has 146 valence electrons. The van der Waals surface area contributed by atoms with Crippen LogP contribution in [-0.2, 0) is 11.3 Å². The predicted molar refractivity (Wildman–Crippen MR) is 110 cm³/mol. The summed E-state index contributed by atoms with van der Waals surface area (Å²) in [6, 6.07) is 7.98. The van der Waals surface area contributed by atoms with E-state index in [0.29, 0.717) is 6.54 Å². The molecular weight excluding hydrogens is 338 g/mol. The van der Waals surface area contributed by atoms with E-state index in [0.717, 1.165) is 49.3 Å². The molecule has 1 aliphatic heterocycles. The number of carbonyl (C=O) groups excluding carboxylic acids is 1. The van der Waals surface area contributed by atoms with E-state index in [2.05, 4.69) is 44.8 Å². The van der Waals surface area contributed by atoms with Crippen LogP contribution in [-0.4, -0.2) is 35.2 Å². The highest BCUT2D eigenvalue weighted by molar-refractivity contribution is 5.95. The van der Waals surface area contributed by atoms with Gasteiger partial charge in [-0.15, -0.1) is 0 Å². The Hall–Kier alpha value is -2.34. The van der Waals surface area contributed by atoms with Crippen molar-refractivity contribution in [1.82, 2.24) is 15.5 Å². The summed E-state index contributed by atoms with van der Waals surface area (Å²) in [5, 5.41) is 13.5. The van der Waals surface area contributed by atoms with E-state index < -0.39 is 0 Å². The summed E-state index contributed by atoms with van der Waals surface area (Å²) in [5.74, 6) is 0.0307. The fraction of sp³-hybridized carbons (Fsp3) is 0.524. The maximum Gasteiger partial charge on any atom is 0.241 e. The van der Waals surface area contributed by atoms with E-state index >= 15 is 0 Å². The van der Waals surface area contributed by atoms with E-state index in [4.69, 9.17) is 0 Å².